The Balaban J connectivity index is 2.94. The third-order valence-corrected chi connectivity index (χ3v) is 3.29. The van der Waals surface area contributed by atoms with Crippen LogP contribution in [0.15, 0.2) is 10.1 Å². The molecule has 0 bridgehead atoms. The fraction of sp³-hybridized carbons (Fsp3) is 0.667. The zero-order valence-electron chi connectivity index (χ0n) is 7.93. The van der Waals surface area contributed by atoms with E-state index in [1.54, 1.807) is 0 Å². The van der Waals surface area contributed by atoms with Gasteiger partial charge in [-0.2, -0.15) is 0 Å². The van der Waals surface area contributed by atoms with E-state index >= 15 is 0 Å². The molecule has 0 fully saturated rings. The van der Waals surface area contributed by atoms with Crippen molar-refractivity contribution >= 4 is 21.9 Å². The summed E-state index contributed by atoms with van der Waals surface area (Å²) in [5, 5.41) is 8.70. The monoisotopic (exact) mass is 248 g/mol. The van der Waals surface area contributed by atoms with E-state index in [1.807, 2.05) is 20.8 Å². The molecule has 1 rings (SSSR count). The van der Waals surface area contributed by atoms with Gasteiger partial charge in [0.1, 0.15) is 0 Å². The van der Waals surface area contributed by atoms with Crippen LogP contribution in [0.1, 0.15) is 27.2 Å². The van der Waals surface area contributed by atoms with Crippen molar-refractivity contribution in [2.24, 2.45) is 0 Å². The molecule has 0 spiro atoms. The largest absolute Gasteiger partial charge is 0.481 e. The van der Waals surface area contributed by atoms with Crippen LogP contribution in [-0.4, -0.2) is 22.8 Å². The quantitative estimate of drug-likeness (QED) is 0.816. The van der Waals surface area contributed by atoms with Crippen molar-refractivity contribution in [1.29, 1.82) is 0 Å². The van der Waals surface area contributed by atoms with Gasteiger partial charge in [-0.25, -0.2) is 0 Å². The van der Waals surface area contributed by atoms with Gasteiger partial charge in [0.2, 0.25) is 0 Å². The third kappa shape index (κ3) is 2.11. The Morgan fingerprint density at radius 3 is 2.54 bits per heavy atom. The molecule has 1 aliphatic rings. The van der Waals surface area contributed by atoms with E-state index in [1.165, 1.54) is 0 Å². The molecule has 0 saturated heterocycles. The maximum atomic E-state index is 10.6. The SMILES string of the molecule is CC1OC(C)(C)C(CC(=O)O)=C1Br. The molecule has 0 radical (unpaired) electrons. The van der Waals surface area contributed by atoms with Crippen molar-refractivity contribution in [1.82, 2.24) is 0 Å². The van der Waals surface area contributed by atoms with Gasteiger partial charge >= 0.3 is 5.97 Å². The number of carboxylic acids is 1. The van der Waals surface area contributed by atoms with Gasteiger partial charge in [-0.15, -0.1) is 0 Å². The van der Waals surface area contributed by atoms with Crippen LogP contribution in [0.25, 0.3) is 0 Å². The first-order chi connectivity index (χ1) is 5.84. The van der Waals surface area contributed by atoms with E-state index in [4.69, 9.17) is 9.84 Å². The molecule has 13 heavy (non-hydrogen) atoms. The third-order valence-electron chi connectivity index (χ3n) is 2.17. The second kappa shape index (κ2) is 3.42. The van der Waals surface area contributed by atoms with Crippen molar-refractivity contribution in [3.8, 4) is 0 Å². The Morgan fingerprint density at radius 1 is 1.69 bits per heavy atom. The number of carbonyl (C=O) groups is 1. The van der Waals surface area contributed by atoms with Crippen molar-refractivity contribution in [3.63, 3.8) is 0 Å². The fourth-order valence-corrected chi connectivity index (χ4v) is 2.26. The number of hydrogen-bond donors (Lipinski definition) is 1. The van der Waals surface area contributed by atoms with Crippen LogP contribution < -0.4 is 0 Å². The maximum Gasteiger partial charge on any atom is 0.307 e. The minimum Gasteiger partial charge on any atom is -0.481 e. The molecular formula is C9H13BrO3. The molecule has 1 unspecified atom stereocenters. The molecule has 1 N–H and O–H groups in total. The maximum absolute atomic E-state index is 10.6. The number of rotatable bonds is 2. The predicted octanol–water partition coefficient (Wildman–Crippen LogP) is 2.31. The zero-order chi connectivity index (χ0) is 10.2. The molecule has 1 atom stereocenters. The Morgan fingerprint density at radius 2 is 2.23 bits per heavy atom. The summed E-state index contributed by atoms with van der Waals surface area (Å²) in [5.41, 5.74) is 0.365. The average molecular weight is 249 g/mol. The topological polar surface area (TPSA) is 46.5 Å². The predicted molar refractivity (Wildman–Crippen MR) is 52.8 cm³/mol. The molecule has 1 aliphatic heterocycles. The number of halogens is 1. The molecule has 1 heterocycles. The number of aliphatic carboxylic acids is 1. The Labute approximate surface area is 85.9 Å². The van der Waals surface area contributed by atoms with Gasteiger partial charge in [-0.05, 0) is 26.3 Å². The fourth-order valence-electron chi connectivity index (χ4n) is 1.55. The van der Waals surface area contributed by atoms with Crippen molar-refractivity contribution < 1.29 is 14.6 Å². The second-order valence-electron chi connectivity index (χ2n) is 3.67. The van der Waals surface area contributed by atoms with Gasteiger partial charge in [0.25, 0.3) is 0 Å². The summed E-state index contributed by atoms with van der Waals surface area (Å²) in [6, 6.07) is 0. The summed E-state index contributed by atoms with van der Waals surface area (Å²) < 4.78 is 6.47. The first kappa shape index (κ1) is 10.7. The van der Waals surface area contributed by atoms with E-state index in [0.717, 1.165) is 10.1 Å². The molecule has 0 aromatic heterocycles. The van der Waals surface area contributed by atoms with E-state index < -0.39 is 11.6 Å². The molecule has 0 aromatic carbocycles. The highest BCUT2D eigenvalue weighted by Gasteiger charge is 2.37. The van der Waals surface area contributed by atoms with Crippen LogP contribution in [0.4, 0.5) is 0 Å². The van der Waals surface area contributed by atoms with Crippen LogP contribution in [0.2, 0.25) is 0 Å². The van der Waals surface area contributed by atoms with Gasteiger partial charge in [0, 0.05) is 4.48 Å². The van der Waals surface area contributed by atoms with Crippen LogP contribution in [0.3, 0.4) is 0 Å². The highest BCUT2D eigenvalue weighted by atomic mass is 79.9. The summed E-state index contributed by atoms with van der Waals surface area (Å²) in [6.45, 7) is 5.67. The minimum absolute atomic E-state index is 0.0376. The van der Waals surface area contributed by atoms with Crippen LogP contribution in [0, 0.1) is 0 Å². The molecule has 0 saturated carbocycles. The first-order valence-corrected chi connectivity index (χ1v) is 4.92. The van der Waals surface area contributed by atoms with Gasteiger partial charge in [-0.3, -0.25) is 4.79 Å². The Kier molecular flexibility index (Phi) is 2.82. The molecule has 4 heteroatoms. The van der Waals surface area contributed by atoms with Crippen molar-refractivity contribution in [3.05, 3.63) is 10.1 Å². The highest BCUT2D eigenvalue weighted by molar-refractivity contribution is 9.11. The van der Waals surface area contributed by atoms with Gasteiger partial charge in [0.05, 0.1) is 18.1 Å². The van der Waals surface area contributed by atoms with E-state index in [-0.39, 0.29) is 12.5 Å². The Hall–Kier alpha value is -0.350. The molecular weight excluding hydrogens is 236 g/mol. The zero-order valence-corrected chi connectivity index (χ0v) is 9.51. The van der Waals surface area contributed by atoms with Crippen LogP contribution in [0.5, 0.6) is 0 Å². The van der Waals surface area contributed by atoms with Crippen molar-refractivity contribution in [2.75, 3.05) is 0 Å². The molecule has 3 nitrogen and oxygen atoms in total. The molecule has 0 aliphatic carbocycles. The summed E-state index contributed by atoms with van der Waals surface area (Å²) in [5.74, 6) is -0.822. The van der Waals surface area contributed by atoms with E-state index in [0.29, 0.717) is 0 Å². The van der Waals surface area contributed by atoms with Crippen molar-refractivity contribution in [2.45, 2.75) is 38.9 Å². The lowest BCUT2D eigenvalue weighted by molar-refractivity contribution is -0.136. The summed E-state index contributed by atoms with van der Waals surface area (Å²) in [7, 11) is 0. The minimum atomic E-state index is -0.822. The average Bonchev–Trinajstić information content (AvgIpc) is 2.12. The van der Waals surface area contributed by atoms with Gasteiger partial charge < -0.3 is 9.84 Å². The normalized spacial score (nSPS) is 26.6. The molecule has 0 aromatic rings. The van der Waals surface area contributed by atoms with Gasteiger partial charge in [0.15, 0.2) is 0 Å². The second-order valence-corrected chi connectivity index (χ2v) is 4.52. The van der Waals surface area contributed by atoms with E-state index in [2.05, 4.69) is 15.9 Å². The first-order valence-electron chi connectivity index (χ1n) is 4.13. The number of hydrogen-bond acceptors (Lipinski definition) is 2. The lowest BCUT2D eigenvalue weighted by atomic mass is 9.96. The summed E-state index contributed by atoms with van der Waals surface area (Å²) in [4.78, 5) is 10.6. The number of carboxylic acid groups (broad SMARTS) is 1. The van der Waals surface area contributed by atoms with E-state index in [9.17, 15) is 4.79 Å². The van der Waals surface area contributed by atoms with Crippen LogP contribution >= 0.6 is 15.9 Å². The standard InChI is InChI=1S/C9H13BrO3/c1-5-8(10)6(4-7(11)12)9(2,3)13-5/h5H,4H2,1-3H3,(H,11,12). The Bertz CT molecular complexity index is 268. The smallest absolute Gasteiger partial charge is 0.307 e. The van der Waals surface area contributed by atoms with Gasteiger partial charge in [-0.1, -0.05) is 15.9 Å². The lowest BCUT2D eigenvalue weighted by Gasteiger charge is -2.21. The molecule has 0 amide bonds. The highest BCUT2D eigenvalue weighted by Crippen LogP contribution is 2.40. The summed E-state index contributed by atoms with van der Waals surface area (Å²) in [6.07, 6.45) is 0.00197. The lowest BCUT2D eigenvalue weighted by Crippen LogP contribution is -2.25. The number of ether oxygens (including phenoxy) is 1. The van der Waals surface area contributed by atoms with Crippen LogP contribution in [-0.2, 0) is 9.53 Å². The molecule has 74 valence electrons. The summed E-state index contributed by atoms with van der Waals surface area (Å²) >= 11 is 3.37.